The average molecular weight is 389 g/mol. The molecule has 0 unspecified atom stereocenters. The molecular weight excluding hydrogens is 366 g/mol. The number of Topliss-reactive ketones (excluding diaryl/α,β-unsaturated/α-hetero) is 1. The zero-order valence-corrected chi connectivity index (χ0v) is 16.4. The number of carbonyl (C=O) groups is 2. The lowest BCUT2D eigenvalue weighted by atomic mass is 10.1. The van der Waals surface area contributed by atoms with Gasteiger partial charge in [0.2, 0.25) is 15.9 Å². The van der Waals surface area contributed by atoms with Crippen LogP contribution in [-0.4, -0.2) is 56.4 Å². The highest BCUT2D eigenvalue weighted by atomic mass is 32.2. The summed E-state index contributed by atoms with van der Waals surface area (Å²) in [6.45, 7) is 1.60. The molecule has 0 radical (unpaired) electrons. The maximum absolute atomic E-state index is 12.5. The molecule has 27 heavy (non-hydrogen) atoms. The molecule has 0 spiro atoms. The Morgan fingerprint density at radius 2 is 1.63 bits per heavy atom. The van der Waals surface area contributed by atoms with Crippen LogP contribution in [0.25, 0.3) is 0 Å². The summed E-state index contributed by atoms with van der Waals surface area (Å²) in [6, 6.07) is 9.90. The van der Waals surface area contributed by atoms with Gasteiger partial charge >= 0.3 is 0 Å². The minimum Gasteiger partial charge on any atom is -0.344 e. The third-order valence-corrected chi connectivity index (χ3v) is 5.29. The summed E-state index contributed by atoms with van der Waals surface area (Å²) in [5.74, 6) is -0.426. The van der Waals surface area contributed by atoms with Gasteiger partial charge in [0.1, 0.15) is 6.54 Å². The summed E-state index contributed by atoms with van der Waals surface area (Å²) in [6.07, 6.45) is 5.08. The first kappa shape index (κ1) is 20.6. The van der Waals surface area contributed by atoms with Crippen molar-refractivity contribution in [1.82, 2.24) is 9.88 Å². The van der Waals surface area contributed by atoms with E-state index in [9.17, 15) is 18.0 Å². The molecule has 0 fully saturated rings. The number of ketones is 1. The van der Waals surface area contributed by atoms with E-state index in [0.717, 1.165) is 16.1 Å². The lowest BCUT2D eigenvalue weighted by Gasteiger charge is -2.25. The Morgan fingerprint density at radius 3 is 2.15 bits per heavy atom. The van der Waals surface area contributed by atoms with Gasteiger partial charge in [0, 0.05) is 31.5 Å². The summed E-state index contributed by atoms with van der Waals surface area (Å²) in [5, 5.41) is 0. The Morgan fingerprint density at radius 1 is 1.04 bits per heavy atom. The summed E-state index contributed by atoms with van der Waals surface area (Å²) < 4.78 is 25.4. The fraction of sp³-hybridized carbons (Fsp3) is 0.316. The van der Waals surface area contributed by atoms with E-state index in [1.54, 1.807) is 31.6 Å². The molecule has 0 aliphatic carbocycles. The second-order valence-electron chi connectivity index (χ2n) is 6.29. The van der Waals surface area contributed by atoms with Crippen LogP contribution in [-0.2, 0) is 21.2 Å². The van der Waals surface area contributed by atoms with E-state index in [4.69, 9.17) is 0 Å². The third-order valence-electron chi connectivity index (χ3n) is 4.15. The molecule has 144 valence electrons. The van der Waals surface area contributed by atoms with Crippen LogP contribution in [0.5, 0.6) is 0 Å². The Labute approximate surface area is 159 Å². The lowest BCUT2D eigenvalue weighted by molar-refractivity contribution is -0.128. The lowest BCUT2D eigenvalue weighted by Crippen LogP contribution is -2.41. The third kappa shape index (κ3) is 5.89. The molecular formula is C19H23N3O4S. The van der Waals surface area contributed by atoms with Crippen molar-refractivity contribution < 1.29 is 18.0 Å². The molecule has 2 aromatic rings. The van der Waals surface area contributed by atoms with Gasteiger partial charge in [0.15, 0.2) is 5.78 Å². The Hall–Kier alpha value is -2.74. The van der Waals surface area contributed by atoms with Crippen LogP contribution in [0.3, 0.4) is 0 Å². The van der Waals surface area contributed by atoms with Crippen molar-refractivity contribution in [3.63, 3.8) is 0 Å². The number of benzene rings is 1. The van der Waals surface area contributed by atoms with E-state index in [1.165, 1.54) is 24.0 Å². The normalized spacial score (nSPS) is 11.1. The summed E-state index contributed by atoms with van der Waals surface area (Å²) in [7, 11) is -2.01. The van der Waals surface area contributed by atoms with Crippen molar-refractivity contribution in [2.45, 2.75) is 13.3 Å². The zero-order chi connectivity index (χ0) is 20.0. The van der Waals surface area contributed by atoms with Gasteiger partial charge in [-0.1, -0.05) is 0 Å². The SMILES string of the molecule is CC(=O)c1ccc(N(CC(=O)N(C)CCc2ccncc2)S(C)(=O)=O)cc1. The molecule has 7 nitrogen and oxygen atoms in total. The van der Waals surface area contributed by atoms with Gasteiger partial charge in [-0.05, 0) is 55.3 Å². The monoisotopic (exact) mass is 389 g/mol. The van der Waals surface area contributed by atoms with Crippen LogP contribution in [0.4, 0.5) is 5.69 Å². The highest BCUT2D eigenvalue weighted by Crippen LogP contribution is 2.19. The van der Waals surface area contributed by atoms with Crippen molar-refractivity contribution >= 4 is 27.4 Å². The minimum absolute atomic E-state index is 0.112. The maximum Gasteiger partial charge on any atom is 0.243 e. The van der Waals surface area contributed by atoms with E-state index in [0.29, 0.717) is 24.2 Å². The molecule has 0 aliphatic heterocycles. The highest BCUT2D eigenvalue weighted by molar-refractivity contribution is 7.92. The number of amides is 1. The molecule has 0 aliphatic rings. The first-order chi connectivity index (χ1) is 12.7. The second-order valence-corrected chi connectivity index (χ2v) is 8.20. The molecule has 0 saturated carbocycles. The van der Waals surface area contributed by atoms with Crippen LogP contribution in [0.2, 0.25) is 0 Å². The van der Waals surface area contributed by atoms with E-state index in [1.807, 2.05) is 12.1 Å². The number of anilines is 1. The maximum atomic E-state index is 12.5. The average Bonchev–Trinajstić information content (AvgIpc) is 2.64. The Bertz CT molecular complexity index is 896. The standard InChI is InChI=1S/C19H23N3O4S/c1-15(23)17-4-6-18(7-5-17)22(27(3,25)26)14-19(24)21(2)13-10-16-8-11-20-12-9-16/h4-9,11-12H,10,13-14H2,1-3H3. The van der Waals surface area contributed by atoms with E-state index < -0.39 is 10.0 Å². The van der Waals surface area contributed by atoms with Crippen molar-refractivity contribution in [1.29, 1.82) is 0 Å². The molecule has 0 saturated heterocycles. The molecule has 1 heterocycles. The quantitative estimate of drug-likeness (QED) is 0.642. The van der Waals surface area contributed by atoms with E-state index >= 15 is 0 Å². The predicted molar refractivity (Wildman–Crippen MR) is 104 cm³/mol. The van der Waals surface area contributed by atoms with Gasteiger partial charge in [-0.3, -0.25) is 18.9 Å². The number of likely N-dealkylation sites (N-methyl/N-ethyl adjacent to an activating group) is 1. The van der Waals surface area contributed by atoms with Crippen LogP contribution < -0.4 is 4.31 Å². The molecule has 1 aromatic heterocycles. The number of nitrogens with zero attached hydrogens (tertiary/aromatic N) is 3. The first-order valence-corrected chi connectivity index (χ1v) is 10.2. The molecule has 0 bridgehead atoms. The topological polar surface area (TPSA) is 87.7 Å². The summed E-state index contributed by atoms with van der Waals surface area (Å²) in [4.78, 5) is 29.4. The zero-order valence-electron chi connectivity index (χ0n) is 15.6. The highest BCUT2D eigenvalue weighted by Gasteiger charge is 2.22. The van der Waals surface area contributed by atoms with Crippen LogP contribution >= 0.6 is 0 Å². The van der Waals surface area contributed by atoms with Crippen LogP contribution in [0, 0.1) is 0 Å². The van der Waals surface area contributed by atoms with Gasteiger partial charge in [0.25, 0.3) is 0 Å². The van der Waals surface area contributed by atoms with Crippen LogP contribution in [0.1, 0.15) is 22.8 Å². The predicted octanol–water partition coefficient (Wildman–Crippen LogP) is 1.75. The van der Waals surface area contributed by atoms with Crippen LogP contribution in [0.15, 0.2) is 48.8 Å². The minimum atomic E-state index is -3.65. The molecule has 0 N–H and O–H groups in total. The number of sulfonamides is 1. The molecule has 0 atom stereocenters. The fourth-order valence-electron chi connectivity index (χ4n) is 2.48. The van der Waals surface area contributed by atoms with Crippen molar-refractivity contribution in [2.24, 2.45) is 0 Å². The number of carbonyl (C=O) groups excluding carboxylic acids is 2. The van der Waals surface area contributed by atoms with Gasteiger partial charge in [0.05, 0.1) is 11.9 Å². The second kappa shape index (κ2) is 8.77. The molecule has 1 aromatic carbocycles. The number of hydrogen-bond acceptors (Lipinski definition) is 5. The summed E-state index contributed by atoms with van der Waals surface area (Å²) in [5.41, 5.74) is 1.87. The van der Waals surface area contributed by atoms with Gasteiger partial charge in [-0.2, -0.15) is 0 Å². The molecule has 8 heteroatoms. The number of hydrogen-bond donors (Lipinski definition) is 0. The van der Waals surface area contributed by atoms with Gasteiger partial charge < -0.3 is 4.90 Å². The molecule has 1 amide bonds. The number of pyridine rings is 1. The van der Waals surface area contributed by atoms with Gasteiger partial charge in [-0.25, -0.2) is 8.42 Å². The Kier molecular flexibility index (Phi) is 6.68. The largest absolute Gasteiger partial charge is 0.344 e. The van der Waals surface area contributed by atoms with E-state index in [2.05, 4.69) is 4.98 Å². The van der Waals surface area contributed by atoms with Crippen molar-refractivity contribution in [3.05, 3.63) is 59.9 Å². The van der Waals surface area contributed by atoms with Crippen molar-refractivity contribution in [3.8, 4) is 0 Å². The first-order valence-electron chi connectivity index (χ1n) is 8.40. The van der Waals surface area contributed by atoms with Crippen molar-refractivity contribution in [2.75, 3.05) is 30.7 Å². The smallest absolute Gasteiger partial charge is 0.243 e. The van der Waals surface area contributed by atoms with Gasteiger partial charge in [-0.15, -0.1) is 0 Å². The number of rotatable bonds is 8. The molecule has 2 rings (SSSR count). The Balaban J connectivity index is 2.08. The fourth-order valence-corrected chi connectivity index (χ4v) is 3.33. The number of aromatic nitrogens is 1. The van der Waals surface area contributed by atoms with E-state index in [-0.39, 0.29) is 18.2 Å². The summed E-state index contributed by atoms with van der Waals surface area (Å²) >= 11 is 0.